The standard InChI is InChI=1S/C16H17N3O4/c1-2-17-15(21)11-5-3-6-12(9-11)19-14(20)10-23-16(22)13-7-4-8-18-13/h3-9,18H,2,10H2,1H3,(H,17,21)(H,19,20). The monoisotopic (exact) mass is 315 g/mol. The molecule has 23 heavy (non-hydrogen) atoms. The van der Waals surface area contributed by atoms with Gasteiger partial charge in [-0.15, -0.1) is 0 Å². The summed E-state index contributed by atoms with van der Waals surface area (Å²) in [6, 6.07) is 9.71. The predicted octanol–water partition coefficient (Wildman–Crippen LogP) is 1.56. The molecule has 0 aliphatic rings. The Morgan fingerprint density at radius 1 is 1.17 bits per heavy atom. The molecule has 3 N–H and O–H groups in total. The average molecular weight is 315 g/mol. The number of hydrogen-bond donors (Lipinski definition) is 3. The Balaban J connectivity index is 1.89. The van der Waals surface area contributed by atoms with Crippen LogP contribution in [0, 0.1) is 0 Å². The summed E-state index contributed by atoms with van der Waals surface area (Å²) >= 11 is 0. The molecule has 2 amide bonds. The SMILES string of the molecule is CCNC(=O)c1cccc(NC(=O)COC(=O)c2ccc[nH]2)c1. The summed E-state index contributed by atoms with van der Waals surface area (Å²) in [4.78, 5) is 37.8. The van der Waals surface area contributed by atoms with Crippen molar-refractivity contribution in [1.82, 2.24) is 10.3 Å². The summed E-state index contributed by atoms with van der Waals surface area (Å²) < 4.78 is 4.88. The molecule has 0 fully saturated rings. The molecule has 0 unspecified atom stereocenters. The minimum Gasteiger partial charge on any atom is -0.451 e. The fourth-order valence-corrected chi connectivity index (χ4v) is 1.86. The first-order valence-electron chi connectivity index (χ1n) is 7.08. The zero-order valence-electron chi connectivity index (χ0n) is 12.6. The number of aromatic amines is 1. The van der Waals surface area contributed by atoms with E-state index in [0.717, 1.165) is 0 Å². The van der Waals surface area contributed by atoms with Crippen molar-refractivity contribution in [3.8, 4) is 0 Å². The van der Waals surface area contributed by atoms with Crippen LogP contribution in [0.1, 0.15) is 27.8 Å². The van der Waals surface area contributed by atoms with Crippen molar-refractivity contribution < 1.29 is 19.1 Å². The van der Waals surface area contributed by atoms with Gasteiger partial charge in [0.1, 0.15) is 5.69 Å². The molecular formula is C16H17N3O4. The van der Waals surface area contributed by atoms with Crippen LogP contribution >= 0.6 is 0 Å². The van der Waals surface area contributed by atoms with E-state index in [2.05, 4.69) is 15.6 Å². The lowest BCUT2D eigenvalue weighted by atomic mass is 10.2. The van der Waals surface area contributed by atoms with Gasteiger partial charge in [-0.25, -0.2) is 4.79 Å². The second kappa shape index (κ2) is 7.79. The maximum Gasteiger partial charge on any atom is 0.355 e. The molecule has 2 rings (SSSR count). The number of esters is 1. The topological polar surface area (TPSA) is 100 Å². The fraction of sp³-hybridized carbons (Fsp3) is 0.188. The van der Waals surface area contributed by atoms with Crippen LogP contribution in [0.3, 0.4) is 0 Å². The van der Waals surface area contributed by atoms with E-state index in [0.29, 0.717) is 17.8 Å². The summed E-state index contributed by atoms with van der Waals surface area (Å²) in [5.74, 6) is -1.32. The van der Waals surface area contributed by atoms with Gasteiger partial charge in [-0.2, -0.15) is 0 Å². The van der Waals surface area contributed by atoms with E-state index in [1.165, 1.54) is 0 Å². The van der Waals surface area contributed by atoms with Crippen LogP contribution in [-0.2, 0) is 9.53 Å². The Morgan fingerprint density at radius 2 is 2.00 bits per heavy atom. The Labute approximate surface area is 133 Å². The molecule has 1 heterocycles. The smallest absolute Gasteiger partial charge is 0.355 e. The van der Waals surface area contributed by atoms with Crippen molar-refractivity contribution in [2.45, 2.75) is 6.92 Å². The van der Waals surface area contributed by atoms with Crippen molar-refractivity contribution in [2.75, 3.05) is 18.5 Å². The Morgan fingerprint density at radius 3 is 2.70 bits per heavy atom. The van der Waals surface area contributed by atoms with E-state index in [9.17, 15) is 14.4 Å². The number of aromatic nitrogens is 1. The van der Waals surface area contributed by atoms with Gasteiger partial charge < -0.3 is 20.4 Å². The molecule has 0 saturated carbocycles. The summed E-state index contributed by atoms with van der Waals surface area (Å²) in [5, 5.41) is 5.25. The van der Waals surface area contributed by atoms with Gasteiger partial charge in [0, 0.05) is 24.0 Å². The number of nitrogens with one attached hydrogen (secondary N) is 3. The lowest BCUT2D eigenvalue weighted by Gasteiger charge is -2.08. The number of carbonyl (C=O) groups is 3. The van der Waals surface area contributed by atoms with Gasteiger partial charge in [0.05, 0.1) is 0 Å². The highest BCUT2D eigenvalue weighted by atomic mass is 16.5. The van der Waals surface area contributed by atoms with E-state index in [4.69, 9.17) is 4.74 Å². The normalized spacial score (nSPS) is 9.96. The molecule has 7 heteroatoms. The van der Waals surface area contributed by atoms with E-state index < -0.39 is 18.5 Å². The van der Waals surface area contributed by atoms with E-state index in [1.807, 2.05) is 6.92 Å². The highest BCUT2D eigenvalue weighted by molar-refractivity contribution is 5.98. The first kappa shape index (κ1) is 16.3. The van der Waals surface area contributed by atoms with Crippen molar-refractivity contribution in [3.63, 3.8) is 0 Å². The van der Waals surface area contributed by atoms with Crippen molar-refractivity contribution in [2.24, 2.45) is 0 Å². The van der Waals surface area contributed by atoms with Crippen molar-refractivity contribution in [3.05, 3.63) is 53.9 Å². The second-order valence-electron chi connectivity index (χ2n) is 4.65. The van der Waals surface area contributed by atoms with Gasteiger partial charge in [-0.3, -0.25) is 9.59 Å². The van der Waals surface area contributed by atoms with Crippen molar-refractivity contribution >= 4 is 23.5 Å². The highest BCUT2D eigenvalue weighted by Gasteiger charge is 2.11. The third-order valence-corrected chi connectivity index (χ3v) is 2.90. The molecule has 7 nitrogen and oxygen atoms in total. The molecule has 1 aromatic heterocycles. The van der Waals surface area contributed by atoms with Crippen molar-refractivity contribution in [1.29, 1.82) is 0 Å². The number of amides is 2. The van der Waals surface area contributed by atoms with E-state index >= 15 is 0 Å². The van der Waals surface area contributed by atoms with Gasteiger partial charge in [-0.05, 0) is 37.3 Å². The lowest BCUT2D eigenvalue weighted by molar-refractivity contribution is -0.119. The number of H-pyrrole nitrogens is 1. The zero-order chi connectivity index (χ0) is 16.7. The summed E-state index contributed by atoms with van der Waals surface area (Å²) in [5.41, 5.74) is 1.17. The zero-order valence-corrected chi connectivity index (χ0v) is 12.6. The van der Waals surface area contributed by atoms with Crippen LogP contribution in [0.25, 0.3) is 0 Å². The molecule has 2 aromatic rings. The molecule has 0 saturated heterocycles. The largest absolute Gasteiger partial charge is 0.451 e. The summed E-state index contributed by atoms with van der Waals surface area (Å²) in [6.45, 7) is 1.93. The van der Waals surface area contributed by atoms with Gasteiger partial charge >= 0.3 is 5.97 Å². The fourth-order valence-electron chi connectivity index (χ4n) is 1.86. The maximum absolute atomic E-state index is 11.8. The number of ether oxygens (including phenoxy) is 1. The molecule has 0 aliphatic carbocycles. The minimum absolute atomic E-state index is 0.221. The third-order valence-electron chi connectivity index (χ3n) is 2.90. The molecular weight excluding hydrogens is 298 g/mol. The first-order valence-corrected chi connectivity index (χ1v) is 7.08. The first-order chi connectivity index (χ1) is 11.1. The number of hydrogen-bond acceptors (Lipinski definition) is 4. The van der Waals surface area contributed by atoms with Crippen LogP contribution in [0.5, 0.6) is 0 Å². The average Bonchev–Trinajstić information content (AvgIpc) is 3.07. The molecule has 0 bridgehead atoms. The highest BCUT2D eigenvalue weighted by Crippen LogP contribution is 2.10. The molecule has 0 spiro atoms. The quantitative estimate of drug-likeness (QED) is 0.704. The Hall–Kier alpha value is -3.09. The molecule has 120 valence electrons. The van der Waals surface area contributed by atoms with E-state index in [-0.39, 0.29) is 11.6 Å². The van der Waals surface area contributed by atoms with Gasteiger partial charge in [0.15, 0.2) is 6.61 Å². The number of carbonyl (C=O) groups excluding carboxylic acids is 3. The molecule has 1 aromatic carbocycles. The van der Waals surface area contributed by atoms with Crippen LogP contribution in [-0.4, -0.2) is 35.9 Å². The molecule has 0 atom stereocenters. The molecule has 0 radical (unpaired) electrons. The Kier molecular flexibility index (Phi) is 5.51. The molecule has 0 aliphatic heterocycles. The predicted molar refractivity (Wildman–Crippen MR) is 84.2 cm³/mol. The van der Waals surface area contributed by atoms with Crippen LogP contribution in [0.4, 0.5) is 5.69 Å². The number of rotatable bonds is 6. The number of anilines is 1. The van der Waals surface area contributed by atoms with Gasteiger partial charge in [0.2, 0.25) is 0 Å². The third kappa shape index (κ3) is 4.70. The van der Waals surface area contributed by atoms with Crippen LogP contribution in [0.2, 0.25) is 0 Å². The van der Waals surface area contributed by atoms with Crippen LogP contribution < -0.4 is 10.6 Å². The summed E-state index contributed by atoms with van der Waals surface area (Å²) in [7, 11) is 0. The maximum atomic E-state index is 11.8. The lowest BCUT2D eigenvalue weighted by Crippen LogP contribution is -2.23. The Bertz CT molecular complexity index is 695. The van der Waals surface area contributed by atoms with Gasteiger partial charge in [-0.1, -0.05) is 6.07 Å². The van der Waals surface area contributed by atoms with E-state index in [1.54, 1.807) is 42.6 Å². The second-order valence-corrected chi connectivity index (χ2v) is 4.65. The summed E-state index contributed by atoms with van der Waals surface area (Å²) in [6.07, 6.45) is 1.59. The van der Waals surface area contributed by atoms with Gasteiger partial charge in [0.25, 0.3) is 11.8 Å². The minimum atomic E-state index is -0.610. The number of benzene rings is 1. The van der Waals surface area contributed by atoms with Crippen LogP contribution in [0.15, 0.2) is 42.6 Å².